The molecule has 0 radical (unpaired) electrons. The van der Waals surface area contributed by atoms with E-state index in [1.807, 2.05) is 6.08 Å². The van der Waals surface area contributed by atoms with Crippen LogP contribution in [-0.2, 0) is 4.79 Å². The predicted molar refractivity (Wildman–Crippen MR) is 52.7 cm³/mol. The molecule has 1 rings (SSSR count). The Labute approximate surface area is 80.0 Å². The van der Waals surface area contributed by atoms with Crippen LogP contribution in [0.2, 0.25) is 0 Å². The maximum absolute atomic E-state index is 11.3. The van der Waals surface area contributed by atoms with Crippen LogP contribution in [0.15, 0.2) is 12.7 Å². The minimum atomic E-state index is 0. The highest BCUT2D eigenvalue weighted by atomic mass is 35.5. The van der Waals surface area contributed by atoms with Crippen LogP contribution in [0.25, 0.3) is 0 Å². The fraction of sp³-hybridized carbons (Fsp3) is 0.667. The van der Waals surface area contributed by atoms with Gasteiger partial charge in [-0.3, -0.25) is 4.79 Å². The molecule has 0 saturated carbocycles. The van der Waals surface area contributed by atoms with Gasteiger partial charge in [-0.05, 0) is 13.5 Å². The molecule has 1 fully saturated rings. The normalized spacial score (nSPS) is 24.8. The molecular formula is C9H16ClNO. The van der Waals surface area contributed by atoms with Crippen molar-refractivity contribution in [3.63, 3.8) is 0 Å². The van der Waals surface area contributed by atoms with Crippen LogP contribution in [0.3, 0.4) is 0 Å². The molecule has 2 nitrogen and oxygen atoms in total. The number of piperidine rings is 1. The van der Waals surface area contributed by atoms with Crippen LogP contribution in [0.1, 0.15) is 12.8 Å². The Kier molecular flexibility index (Phi) is 5.18. The van der Waals surface area contributed by atoms with Crippen molar-refractivity contribution in [2.45, 2.75) is 12.8 Å². The van der Waals surface area contributed by atoms with E-state index in [4.69, 9.17) is 0 Å². The summed E-state index contributed by atoms with van der Waals surface area (Å²) in [5, 5.41) is 0. The van der Waals surface area contributed by atoms with Crippen molar-refractivity contribution in [2.24, 2.45) is 5.92 Å². The number of likely N-dealkylation sites (tertiary alicyclic amines) is 1. The zero-order valence-electron chi connectivity index (χ0n) is 7.45. The zero-order valence-corrected chi connectivity index (χ0v) is 8.27. The summed E-state index contributed by atoms with van der Waals surface area (Å²) in [4.78, 5) is 13.5. The highest BCUT2D eigenvalue weighted by molar-refractivity contribution is 5.85. The van der Waals surface area contributed by atoms with Crippen LogP contribution >= 0.6 is 12.4 Å². The third-order valence-electron chi connectivity index (χ3n) is 2.18. The first kappa shape index (κ1) is 11.7. The maximum Gasteiger partial charge on any atom is 0.138 e. The van der Waals surface area contributed by atoms with E-state index < -0.39 is 0 Å². The number of ketones is 1. The smallest absolute Gasteiger partial charge is 0.138 e. The van der Waals surface area contributed by atoms with E-state index in [1.165, 1.54) is 0 Å². The van der Waals surface area contributed by atoms with Crippen molar-refractivity contribution >= 4 is 18.2 Å². The minimum Gasteiger partial charge on any atom is -0.305 e. The van der Waals surface area contributed by atoms with Crippen molar-refractivity contribution in [2.75, 3.05) is 20.1 Å². The topological polar surface area (TPSA) is 20.3 Å². The number of allylic oxidation sites excluding steroid dienone is 1. The summed E-state index contributed by atoms with van der Waals surface area (Å²) >= 11 is 0. The number of hydrogen-bond acceptors (Lipinski definition) is 2. The number of nitrogens with zero attached hydrogens (tertiary/aromatic N) is 1. The van der Waals surface area contributed by atoms with Crippen LogP contribution in [-0.4, -0.2) is 30.8 Å². The average molecular weight is 190 g/mol. The van der Waals surface area contributed by atoms with Crippen molar-refractivity contribution in [1.82, 2.24) is 4.90 Å². The Balaban J connectivity index is 0.00000121. The van der Waals surface area contributed by atoms with Gasteiger partial charge in [0.1, 0.15) is 5.78 Å². The Bertz CT molecular complexity index is 170. The monoisotopic (exact) mass is 189 g/mol. The standard InChI is InChI=1S/C9H15NO.ClH/c1-3-4-8-7-10(2)6-5-9(8)11;/h3,8H,1,4-7H2,2H3;1H. The maximum atomic E-state index is 11.3. The second-order valence-corrected chi connectivity index (χ2v) is 3.20. The fourth-order valence-corrected chi connectivity index (χ4v) is 1.48. The molecule has 0 aromatic heterocycles. The lowest BCUT2D eigenvalue weighted by molar-refractivity contribution is -0.125. The lowest BCUT2D eigenvalue weighted by atomic mass is 9.94. The molecule has 3 heteroatoms. The van der Waals surface area contributed by atoms with E-state index in [9.17, 15) is 4.79 Å². The minimum absolute atomic E-state index is 0. The Morgan fingerprint density at radius 3 is 3.00 bits per heavy atom. The largest absolute Gasteiger partial charge is 0.305 e. The van der Waals surface area contributed by atoms with E-state index in [0.29, 0.717) is 5.78 Å². The van der Waals surface area contributed by atoms with E-state index in [-0.39, 0.29) is 18.3 Å². The number of rotatable bonds is 2. The Hall–Kier alpha value is -0.340. The lowest BCUT2D eigenvalue weighted by Gasteiger charge is -2.27. The molecule has 12 heavy (non-hydrogen) atoms. The van der Waals surface area contributed by atoms with E-state index in [1.54, 1.807) is 0 Å². The van der Waals surface area contributed by atoms with Gasteiger partial charge in [-0.15, -0.1) is 19.0 Å². The molecule has 0 bridgehead atoms. The summed E-state index contributed by atoms with van der Waals surface area (Å²) in [6.07, 6.45) is 3.39. The van der Waals surface area contributed by atoms with Crippen LogP contribution in [0.5, 0.6) is 0 Å². The molecule has 1 atom stereocenters. The number of Topliss-reactive ketones (excluding diaryl/α,β-unsaturated/α-hetero) is 1. The van der Waals surface area contributed by atoms with Gasteiger partial charge in [0.2, 0.25) is 0 Å². The Morgan fingerprint density at radius 2 is 2.42 bits per heavy atom. The zero-order chi connectivity index (χ0) is 8.27. The molecule has 1 saturated heterocycles. The summed E-state index contributed by atoms with van der Waals surface area (Å²) in [6, 6.07) is 0. The van der Waals surface area contributed by atoms with Gasteiger partial charge in [-0.2, -0.15) is 0 Å². The van der Waals surface area contributed by atoms with Crippen molar-refractivity contribution < 1.29 is 4.79 Å². The summed E-state index contributed by atoms with van der Waals surface area (Å²) < 4.78 is 0. The summed E-state index contributed by atoms with van der Waals surface area (Å²) in [6.45, 7) is 5.47. The van der Waals surface area contributed by atoms with Crippen molar-refractivity contribution in [3.8, 4) is 0 Å². The summed E-state index contributed by atoms with van der Waals surface area (Å²) in [5.74, 6) is 0.620. The Morgan fingerprint density at radius 1 is 1.75 bits per heavy atom. The van der Waals surface area contributed by atoms with E-state index in [2.05, 4.69) is 18.5 Å². The molecule has 0 N–H and O–H groups in total. The van der Waals surface area contributed by atoms with Crippen molar-refractivity contribution in [1.29, 1.82) is 0 Å². The van der Waals surface area contributed by atoms with Gasteiger partial charge in [0.05, 0.1) is 0 Å². The number of carbonyl (C=O) groups excluding carboxylic acids is 1. The number of halogens is 1. The molecule has 1 aliphatic heterocycles. The summed E-state index contributed by atoms with van der Waals surface area (Å²) in [7, 11) is 2.06. The van der Waals surface area contributed by atoms with Gasteiger partial charge in [-0.25, -0.2) is 0 Å². The molecule has 1 unspecified atom stereocenters. The van der Waals surface area contributed by atoms with Crippen LogP contribution in [0.4, 0.5) is 0 Å². The number of carbonyl (C=O) groups is 1. The van der Waals surface area contributed by atoms with Crippen LogP contribution in [0, 0.1) is 5.92 Å². The van der Waals surface area contributed by atoms with Gasteiger partial charge in [0.25, 0.3) is 0 Å². The third-order valence-corrected chi connectivity index (χ3v) is 2.18. The van der Waals surface area contributed by atoms with Gasteiger partial charge in [0.15, 0.2) is 0 Å². The first-order valence-corrected chi connectivity index (χ1v) is 4.06. The predicted octanol–water partition coefficient (Wildman–Crippen LogP) is 1.51. The second kappa shape index (κ2) is 5.33. The molecule has 1 aliphatic rings. The highest BCUT2D eigenvalue weighted by Gasteiger charge is 2.23. The second-order valence-electron chi connectivity index (χ2n) is 3.20. The van der Waals surface area contributed by atoms with E-state index >= 15 is 0 Å². The van der Waals surface area contributed by atoms with Gasteiger partial charge >= 0.3 is 0 Å². The molecule has 0 aromatic carbocycles. The third kappa shape index (κ3) is 2.95. The average Bonchev–Trinajstić information content (AvgIpc) is 1.98. The molecule has 0 aromatic rings. The molecule has 0 aliphatic carbocycles. The fourth-order valence-electron chi connectivity index (χ4n) is 1.48. The first-order valence-electron chi connectivity index (χ1n) is 4.06. The van der Waals surface area contributed by atoms with Gasteiger partial charge < -0.3 is 4.90 Å². The van der Waals surface area contributed by atoms with Crippen molar-refractivity contribution in [3.05, 3.63) is 12.7 Å². The molecule has 1 heterocycles. The van der Waals surface area contributed by atoms with Crippen LogP contribution < -0.4 is 0 Å². The molecule has 0 spiro atoms. The van der Waals surface area contributed by atoms with Gasteiger partial charge in [-0.1, -0.05) is 6.08 Å². The van der Waals surface area contributed by atoms with E-state index in [0.717, 1.165) is 25.9 Å². The molecule has 0 amide bonds. The molecular weight excluding hydrogens is 174 g/mol. The summed E-state index contributed by atoms with van der Waals surface area (Å²) in [5.41, 5.74) is 0. The first-order chi connectivity index (χ1) is 5.24. The highest BCUT2D eigenvalue weighted by Crippen LogP contribution is 2.14. The quantitative estimate of drug-likeness (QED) is 0.614. The lowest BCUT2D eigenvalue weighted by Crippen LogP contribution is -2.37. The SMILES string of the molecule is C=CCC1CN(C)CCC1=O.Cl. The molecule has 70 valence electrons. The van der Waals surface area contributed by atoms with Gasteiger partial charge in [0, 0.05) is 25.4 Å². The number of hydrogen-bond donors (Lipinski definition) is 0.